The van der Waals surface area contributed by atoms with E-state index in [1.807, 2.05) is 0 Å². The summed E-state index contributed by atoms with van der Waals surface area (Å²) in [4.78, 5) is 0.0620. The highest BCUT2D eigenvalue weighted by atomic mass is 32.2. The standard InChI is InChI=1S/C15H16O4S/c1-9-4-12(16)7-13(5-9)20(18,19)15-8-14(17)10(2)6-11(15)3/h4-8,16-17H,1-3H3. The Hall–Kier alpha value is -2.01. The van der Waals surface area contributed by atoms with Gasteiger partial charge >= 0.3 is 0 Å². The third-order valence-electron chi connectivity index (χ3n) is 3.13. The van der Waals surface area contributed by atoms with Crippen molar-refractivity contribution in [3.05, 3.63) is 47.0 Å². The number of rotatable bonds is 2. The third-order valence-corrected chi connectivity index (χ3v) is 5.00. The van der Waals surface area contributed by atoms with Gasteiger partial charge in [-0.25, -0.2) is 8.42 Å². The van der Waals surface area contributed by atoms with Crippen molar-refractivity contribution >= 4 is 9.84 Å². The first-order valence-electron chi connectivity index (χ1n) is 6.08. The van der Waals surface area contributed by atoms with Crippen molar-refractivity contribution in [2.45, 2.75) is 30.6 Å². The number of hydrogen-bond acceptors (Lipinski definition) is 4. The Balaban J connectivity index is 2.70. The zero-order valence-corrected chi connectivity index (χ0v) is 12.3. The van der Waals surface area contributed by atoms with Gasteiger partial charge in [-0.15, -0.1) is 0 Å². The molecule has 0 amide bonds. The van der Waals surface area contributed by atoms with E-state index in [9.17, 15) is 18.6 Å². The van der Waals surface area contributed by atoms with Crippen LogP contribution >= 0.6 is 0 Å². The van der Waals surface area contributed by atoms with Gasteiger partial charge in [0.25, 0.3) is 0 Å². The van der Waals surface area contributed by atoms with Crippen molar-refractivity contribution in [3.63, 3.8) is 0 Å². The maximum absolute atomic E-state index is 12.6. The van der Waals surface area contributed by atoms with Gasteiger partial charge in [0, 0.05) is 0 Å². The number of benzene rings is 2. The lowest BCUT2D eigenvalue weighted by Gasteiger charge is -2.11. The first-order valence-corrected chi connectivity index (χ1v) is 7.56. The van der Waals surface area contributed by atoms with Crippen molar-refractivity contribution in [3.8, 4) is 11.5 Å². The molecule has 2 rings (SSSR count). The molecule has 0 heterocycles. The quantitative estimate of drug-likeness (QED) is 0.892. The SMILES string of the molecule is Cc1cc(O)cc(S(=O)(=O)c2cc(O)c(C)cc2C)c1. The number of sulfone groups is 1. The molecule has 4 nitrogen and oxygen atoms in total. The first-order chi connectivity index (χ1) is 9.21. The Labute approximate surface area is 118 Å². The molecular weight excluding hydrogens is 276 g/mol. The molecule has 0 aliphatic heterocycles. The average Bonchev–Trinajstić information content (AvgIpc) is 2.32. The van der Waals surface area contributed by atoms with Crippen LogP contribution in [0.15, 0.2) is 40.1 Å². The topological polar surface area (TPSA) is 74.6 Å². The van der Waals surface area contributed by atoms with E-state index in [-0.39, 0.29) is 21.3 Å². The number of phenolic OH excluding ortho intramolecular Hbond substituents is 2. The molecule has 0 radical (unpaired) electrons. The maximum Gasteiger partial charge on any atom is 0.207 e. The maximum atomic E-state index is 12.6. The third kappa shape index (κ3) is 2.49. The summed E-state index contributed by atoms with van der Waals surface area (Å²) in [7, 11) is -3.77. The van der Waals surface area contributed by atoms with Gasteiger partial charge < -0.3 is 10.2 Å². The first kappa shape index (κ1) is 14.4. The average molecular weight is 292 g/mol. The Morgan fingerprint density at radius 1 is 0.850 bits per heavy atom. The van der Waals surface area contributed by atoms with Crippen LogP contribution < -0.4 is 0 Å². The van der Waals surface area contributed by atoms with Gasteiger partial charge in [0.2, 0.25) is 9.84 Å². The van der Waals surface area contributed by atoms with Crippen molar-refractivity contribution < 1.29 is 18.6 Å². The minimum absolute atomic E-state index is 0.0151. The van der Waals surface area contributed by atoms with E-state index in [2.05, 4.69) is 0 Å². The van der Waals surface area contributed by atoms with Crippen molar-refractivity contribution in [2.75, 3.05) is 0 Å². The second kappa shape index (κ2) is 4.83. The molecule has 5 heteroatoms. The van der Waals surface area contributed by atoms with E-state index in [0.717, 1.165) is 0 Å². The lowest BCUT2D eigenvalue weighted by atomic mass is 10.1. The smallest absolute Gasteiger partial charge is 0.207 e. The Morgan fingerprint density at radius 3 is 2.10 bits per heavy atom. The molecular formula is C15H16O4S. The summed E-state index contributed by atoms with van der Waals surface area (Å²) in [5.74, 6) is -0.163. The Morgan fingerprint density at radius 2 is 1.50 bits per heavy atom. The normalized spacial score (nSPS) is 11.6. The van der Waals surface area contributed by atoms with Crippen LogP contribution in [0.2, 0.25) is 0 Å². The molecule has 2 N–H and O–H groups in total. The van der Waals surface area contributed by atoms with E-state index in [4.69, 9.17) is 0 Å². The molecule has 0 saturated heterocycles. The zero-order valence-electron chi connectivity index (χ0n) is 11.5. The van der Waals surface area contributed by atoms with E-state index in [1.54, 1.807) is 26.8 Å². The molecule has 106 valence electrons. The second-order valence-corrected chi connectivity index (χ2v) is 6.83. The van der Waals surface area contributed by atoms with Gasteiger partial charge in [0.1, 0.15) is 11.5 Å². The van der Waals surface area contributed by atoms with Gasteiger partial charge in [-0.05, 0) is 61.7 Å². The highest BCUT2D eigenvalue weighted by molar-refractivity contribution is 7.91. The Bertz CT molecular complexity index is 756. The fraction of sp³-hybridized carbons (Fsp3) is 0.200. The van der Waals surface area contributed by atoms with E-state index < -0.39 is 9.84 Å². The molecule has 0 fully saturated rings. The highest BCUT2D eigenvalue weighted by Gasteiger charge is 2.22. The number of aryl methyl sites for hydroxylation is 3. The summed E-state index contributed by atoms with van der Waals surface area (Å²) < 4.78 is 25.2. The van der Waals surface area contributed by atoms with E-state index >= 15 is 0 Å². The van der Waals surface area contributed by atoms with E-state index in [0.29, 0.717) is 16.7 Å². The second-order valence-electron chi connectivity index (χ2n) is 4.91. The zero-order chi connectivity index (χ0) is 15.1. The van der Waals surface area contributed by atoms with Crippen LogP contribution in [0.1, 0.15) is 16.7 Å². The molecule has 2 aromatic carbocycles. The minimum Gasteiger partial charge on any atom is -0.508 e. The molecule has 0 aliphatic carbocycles. The molecule has 0 spiro atoms. The van der Waals surface area contributed by atoms with Gasteiger partial charge in [0.05, 0.1) is 9.79 Å². The van der Waals surface area contributed by atoms with Gasteiger partial charge in [0.15, 0.2) is 0 Å². The molecule has 20 heavy (non-hydrogen) atoms. The van der Waals surface area contributed by atoms with Crippen LogP contribution in [0, 0.1) is 20.8 Å². The summed E-state index contributed by atoms with van der Waals surface area (Å²) >= 11 is 0. The summed E-state index contributed by atoms with van der Waals surface area (Å²) in [6.07, 6.45) is 0. The fourth-order valence-electron chi connectivity index (χ4n) is 2.12. The van der Waals surface area contributed by atoms with Crippen LogP contribution in [0.3, 0.4) is 0 Å². The van der Waals surface area contributed by atoms with Gasteiger partial charge in [-0.3, -0.25) is 0 Å². The van der Waals surface area contributed by atoms with Crippen LogP contribution in [0.25, 0.3) is 0 Å². The largest absolute Gasteiger partial charge is 0.508 e. The van der Waals surface area contributed by atoms with Crippen molar-refractivity contribution in [1.29, 1.82) is 0 Å². The van der Waals surface area contributed by atoms with Gasteiger partial charge in [-0.1, -0.05) is 6.07 Å². The lowest BCUT2D eigenvalue weighted by Crippen LogP contribution is -2.05. The summed E-state index contributed by atoms with van der Waals surface area (Å²) in [6.45, 7) is 5.09. The highest BCUT2D eigenvalue weighted by Crippen LogP contribution is 2.31. The molecule has 0 unspecified atom stereocenters. The monoisotopic (exact) mass is 292 g/mol. The fourth-order valence-corrected chi connectivity index (χ4v) is 3.74. The summed E-state index contributed by atoms with van der Waals surface area (Å²) in [5, 5.41) is 19.3. The van der Waals surface area contributed by atoms with Crippen LogP contribution in [-0.4, -0.2) is 18.6 Å². The molecule has 0 atom stereocenters. The van der Waals surface area contributed by atoms with Crippen LogP contribution in [0.4, 0.5) is 0 Å². The molecule has 0 aromatic heterocycles. The lowest BCUT2D eigenvalue weighted by molar-refractivity contribution is 0.468. The van der Waals surface area contributed by atoms with Gasteiger partial charge in [-0.2, -0.15) is 0 Å². The predicted molar refractivity (Wildman–Crippen MR) is 75.9 cm³/mol. The minimum atomic E-state index is -3.77. The summed E-state index contributed by atoms with van der Waals surface area (Å²) in [5.41, 5.74) is 1.83. The summed E-state index contributed by atoms with van der Waals surface area (Å²) in [6, 6.07) is 7.06. The molecule has 0 saturated carbocycles. The molecule has 0 aliphatic rings. The number of aromatic hydroxyl groups is 2. The van der Waals surface area contributed by atoms with Crippen molar-refractivity contribution in [2.24, 2.45) is 0 Å². The molecule has 0 bridgehead atoms. The number of phenols is 2. The number of hydrogen-bond donors (Lipinski definition) is 2. The van der Waals surface area contributed by atoms with E-state index in [1.165, 1.54) is 24.3 Å². The predicted octanol–water partition coefficient (Wildman–Crippen LogP) is 2.86. The Kier molecular flexibility index (Phi) is 3.48. The molecule has 2 aromatic rings. The van der Waals surface area contributed by atoms with Crippen LogP contribution in [0.5, 0.6) is 11.5 Å². The van der Waals surface area contributed by atoms with Crippen molar-refractivity contribution in [1.82, 2.24) is 0 Å². The van der Waals surface area contributed by atoms with Crippen LogP contribution in [-0.2, 0) is 9.84 Å².